The molecule has 2 aromatic carbocycles. The number of benzene rings is 2. The van der Waals surface area contributed by atoms with Crippen LogP contribution in [0.3, 0.4) is 0 Å². The maximum Gasteiger partial charge on any atom is 0.266 e. The van der Waals surface area contributed by atoms with Gasteiger partial charge in [0.2, 0.25) is 0 Å². The third-order valence-corrected chi connectivity index (χ3v) is 6.32. The smallest absolute Gasteiger partial charge is 0.266 e. The Morgan fingerprint density at radius 1 is 1.10 bits per heavy atom. The number of amides is 1. The molecule has 0 atom stereocenters. The Kier molecular flexibility index (Phi) is 7.64. The van der Waals surface area contributed by atoms with Gasteiger partial charge in [0, 0.05) is 17.6 Å². The molecule has 1 aromatic heterocycles. The van der Waals surface area contributed by atoms with E-state index in [9.17, 15) is 4.79 Å². The number of carbonyl (C=O) groups is 1. The first kappa shape index (κ1) is 21.7. The fourth-order valence-corrected chi connectivity index (χ4v) is 4.53. The van der Waals surface area contributed by atoms with Gasteiger partial charge in [0.1, 0.15) is 5.75 Å². The second-order valence-electron chi connectivity index (χ2n) is 6.78. The van der Waals surface area contributed by atoms with Crippen LogP contribution in [0.25, 0.3) is 10.2 Å². The first-order valence-electron chi connectivity index (χ1n) is 9.78. The van der Waals surface area contributed by atoms with E-state index in [1.54, 1.807) is 4.90 Å². The van der Waals surface area contributed by atoms with Crippen LogP contribution in [0.1, 0.15) is 19.4 Å². The summed E-state index contributed by atoms with van der Waals surface area (Å²) in [6.45, 7) is 9.55. The van der Waals surface area contributed by atoms with Crippen LogP contribution in [-0.4, -0.2) is 48.6 Å². The van der Waals surface area contributed by atoms with E-state index in [-0.39, 0.29) is 12.5 Å². The molecular weight excluding hydrogens is 450 g/mol. The Morgan fingerprint density at radius 2 is 1.83 bits per heavy atom. The van der Waals surface area contributed by atoms with Crippen LogP contribution in [0.15, 0.2) is 46.9 Å². The Morgan fingerprint density at radius 3 is 2.52 bits per heavy atom. The number of carbonyl (C=O) groups excluding carboxylic acids is 1. The summed E-state index contributed by atoms with van der Waals surface area (Å²) < 4.78 is 7.80. The summed E-state index contributed by atoms with van der Waals surface area (Å²) >= 11 is 5.03. The van der Waals surface area contributed by atoms with Crippen molar-refractivity contribution < 1.29 is 9.53 Å². The quantitative estimate of drug-likeness (QED) is 0.430. The number of fused-ring (bicyclic) bond motifs is 1. The van der Waals surface area contributed by atoms with Crippen LogP contribution in [0.4, 0.5) is 5.13 Å². The molecule has 154 valence electrons. The van der Waals surface area contributed by atoms with Crippen molar-refractivity contribution in [1.29, 1.82) is 0 Å². The molecule has 29 heavy (non-hydrogen) atoms. The van der Waals surface area contributed by atoms with Gasteiger partial charge >= 0.3 is 0 Å². The normalized spacial score (nSPS) is 11.2. The van der Waals surface area contributed by atoms with Crippen LogP contribution in [0.5, 0.6) is 5.75 Å². The van der Waals surface area contributed by atoms with Gasteiger partial charge in [-0.2, -0.15) is 0 Å². The molecule has 0 saturated heterocycles. The van der Waals surface area contributed by atoms with Gasteiger partial charge in [0.25, 0.3) is 5.91 Å². The lowest BCUT2D eigenvalue weighted by atomic mass is 10.2. The number of halogens is 1. The number of hydrogen-bond donors (Lipinski definition) is 0. The van der Waals surface area contributed by atoms with Gasteiger partial charge < -0.3 is 9.64 Å². The number of thiazole rings is 1. The maximum absolute atomic E-state index is 13.1. The summed E-state index contributed by atoms with van der Waals surface area (Å²) in [4.78, 5) is 21.8. The highest BCUT2D eigenvalue weighted by Crippen LogP contribution is 2.31. The molecule has 0 bridgehead atoms. The number of anilines is 1. The van der Waals surface area contributed by atoms with Gasteiger partial charge in [0.05, 0.1) is 10.2 Å². The Bertz CT molecular complexity index is 954. The minimum Gasteiger partial charge on any atom is -0.484 e. The van der Waals surface area contributed by atoms with Crippen molar-refractivity contribution in [2.75, 3.05) is 37.7 Å². The van der Waals surface area contributed by atoms with E-state index in [4.69, 9.17) is 9.72 Å². The molecule has 0 saturated carbocycles. The van der Waals surface area contributed by atoms with Crippen molar-refractivity contribution >= 4 is 48.5 Å². The third kappa shape index (κ3) is 5.78. The van der Waals surface area contributed by atoms with Crippen LogP contribution >= 0.6 is 27.3 Å². The molecule has 3 rings (SSSR count). The van der Waals surface area contributed by atoms with E-state index >= 15 is 0 Å². The summed E-state index contributed by atoms with van der Waals surface area (Å²) in [5.41, 5.74) is 2.05. The van der Waals surface area contributed by atoms with Crippen molar-refractivity contribution in [3.8, 4) is 5.75 Å². The molecule has 5 nitrogen and oxygen atoms in total. The molecule has 7 heteroatoms. The zero-order valence-corrected chi connectivity index (χ0v) is 19.4. The van der Waals surface area contributed by atoms with Crippen molar-refractivity contribution in [1.82, 2.24) is 9.88 Å². The summed E-state index contributed by atoms with van der Waals surface area (Å²) in [5.74, 6) is 0.608. The SMILES string of the molecule is CCN(CC)CCN(C(=O)COc1ccc(C)cc1)c1nc2ccc(Br)cc2s1. The van der Waals surface area contributed by atoms with E-state index < -0.39 is 0 Å². The topological polar surface area (TPSA) is 45.7 Å². The van der Waals surface area contributed by atoms with Gasteiger partial charge in [0.15, 0.2) is 11.7 Å². The third-order valence-electron chi connectivity index (χ3n) is 4.79. The van der Waals surface area contributed by atoms with E-state index in [1.807, 2.05) is 49.4 Å². The number of aryl methyl sites for hydroxylation is 1. The summed E-state index contributed by atoms with van der Waals surface area (Å²) in [6.07, 6.45) is 0. The fraction of sp³-hybridized carbons (Fsp3) is 0.364. The molecule has 3 aromatic rings. The summed E-state index contributed by atoms with van der Waals surface area (Å²) in [7, 11) is 0. The lowest BCUT2D eigenvalue weighted by molar-refractivity contribution is -0.120. The molecule has 0 fully saturated rings. The minimum absolute atomic E-state index is 0.0130. The fourth-order valence-electron chi connectivity index (χ4n) is 2.97. The molecule has 0 unspecified atom stereocenters. The molecular formula is C22H26BrN3O2S. The number of hydrogen-bond acceptors (Lipinski definition) is 5. The zero-order chi connectivity index (χ0) is 20.8. The molecule has 1 amide bonds. The van der Waals surface area contributed by atoms with Gasteiger partial charge in [-0.3, -0.25) is 9.69 Å². The van der Waals surface area contributed by atoms with Gasteiger partial charge in [-0.15, -0.1) is 0 Å². The molecule has 0 spiro atoms. The lowest BCUT2D eigenvalue weighted by Gasteiger charge is -2.24. The molecule has 0 N–H and O–H groups in total. The van der Waals surface area contributed by atoms with Crippen molar-refractivity contribution in [3.05, 3.63) is 52.5 Å². The number of ether oxygens (including phenoxy) is 1. The largest absolute Gasteiger partial charge is 0.484 e. The predicted molar refractivity (Wildman–Crippen MR) is 124 cm³/mol. The van der Waals surface area contributed by atoms with Crippen LogP contribution in [-0.2, 0) is 4.79 Å². The van der Waals surface area contributed by atoms with Gasteiger partial charge in [-0.1, -0.05) is 58.8 Å². The van der Waals surface area contributed by atoms with Crippen molar-refractivity contribution in [2.45, 2.75) is 20.8 Å². The Balaban J connectivity index is 1.78. The first-order chi connectivity index (χ1) is 14.0. The predicted octanol–water partition coefficient (Wildman–Crippen LogP) is 5.12. The number of rotatable bonds is 9. The zero-order valence-electron chi connectivity index (χ0n) is 17.0. The summed E-state index contributed by atoms with van der Waals surface area (Å²) in [5, 5.41) is 0.711. The maximum atomic E-state index is 13.1. The Labute approximate surface area is 184 Å². The van der Waals surface area contributed by atoms with Crippen LogP contribution in [0.2, 0.25) is 0 Å². The van der Waals surface area contributed by atoms with E-state index in [1.165, 1.54) is 11.3 Å². The highest BCUT2D eigenvalue weighted by atomic mass is 79.9. The van der Waals surface area contributed by atoms with E-state index in [0.29, 0.717) is 17.4 Å². The number of nitrogens with zero attached hydrogens (tertiary/aromatic N) is 3. The van der Waals surface area contributed by atoms with Gasteiger partial charge in [-0.25, -0.2) is 4.98 Å². The van der Waals surface area contributed by atoms with Crippen molar-refractivity contribution in [3.63, 3.8) is 0 Å². The van der Waals surface area contributed by atoms with Crippen molar-refractivity contribution in [2.24, 2.45) is 0 Å². The minimum atomic E-state index is -0.0872. The van der Waals surface area contributed by atoms with E-state index in [0.717, 1.165) is 39.9 Å². The highest BCUT2D eigenvalue weighted by Gasteiger charge is 2.21. The average Bonchev–Trinajstić information content (AvgIpc) is 3.13. The summed E-state index contributed by atoms with van der Waals surface area (Å²) in [6, 6.07) is 13.7. The second kappa shape index (κ2) is 10.2. The van der Waals surface area contributed by atoms with Gasteiger partial charge in [-0.05, 0) is 50.3 Å². The second-order valence-corrected chi connectivity index (χ2v) is 8.71. The molecule has 0 radical (unpaired) electrons. The van der Waals surface area contributed by atoms with Crippen LogP contribution in [0, 0.1) is 6.92 Å². The first-order valence-corrected chi connectivity index (χ1v) is 11.4. The molecule has 1 heterocycles. The highest BCUT2D eigenvalue weighted by molar-refractivity contribution is 9.10. The monoisotopic (exact) mass is 475 g/mol. The van der Waals surface area contributed by atoms with Crippen LogP contribution < -0.4 is 9.64 Å². The molecule has 0 aliphatic rings. The van der Waals surface area contributed by atoms with E-state index in [2.05, 4.69) is 34.7 Å². The standard InChI is InChI=1S/C22H26BrN3O2S/c1-4-25(5-2)12-13-26(21(27)15-28-18-9-6-16(3)7-10-18)22-24-19-11-8-17(23)14-20(19)29-22/h6-11,14H,4-5,12-13,15H2,1-3H3. The molecule has 0 aliphatic heterocycles. The number of likely N-dealkylation sites (N-methyl/N-ethyl adjacent to an activating group) is 1. The average molecular weight is 476 g/mol. The number of aromatic nitrogens is 1. The lowest BCUT2D eigenvalue weighted by Crippen LogP contribution is -2.41. The Hall–Kier alpha value is -1.96. The molecule has 0 aliphatic carbocycles.